The Morgan fingerprint density at radius 1 is 1.33 bits per heavy atom. The number of carbonyl (C=O) groups is 1. The summed E-state index contributed by atoms with van der Waals surface area (Å²) in [6.07, 6.45) is 10.8. The molecule has 3 N–H and O–H groups in total. The highest BCUT2D eigenvalue weighted by molar-refractivity contribution is 6.33. The van der Waals surface area contributed by atoms with Crippen molar-refractivity contribution in [3.05, 3.63) is 46.5 Å². The Kier molecular flexibility index (Phi) is 6.45. The molecule has 1 amide bonds. The number of hydrogen-bond acceptors (Lipinski definition) is 4. The number of nitrogens with two attached hydrogens (primary N) is 1. The first kappa shape index (κ1) is 19.8. The number of likely N-dealkylation sites (tertiary alicyclic amines) is 1. The molecule has 6 heteroatoms. The van der Waals surface area contributed by atoms with Crippen LogP contribution in [-0.4, -0.2) is 43.1 Å². The number of ether oxygens (including phenoxy) is 1. The van der Waals surface area contributed by atoms with Crippen LogP contribution in [0.3, 0.4) is 0 Å². The van der Waals surface area contributed by atoms with E-state index in [0.29, 0.717) is 28.1 Å². The minimum absolute atomic E-state index is 0.155. The lowest BCUT2D eigenvalue weighted by Crippen LogP contribution is -2.47. The van der Waals surface area contributed by atoms with Crippen LogP contribution in [0.25, 0.3) is 0 Å². The second kappa shape index (κ2) is 8.81. The van der Waals surface area contributed by atoms with Gasteiger partial charge in [-0.15, -0.1) is 0 Å². The number of nitrogens with one attached hydrogen (secondary N) is 1. The summed E-state index contributed by atoms with van der Waals surface area (Å²) in [5.74, 6) is 0.276. The monoisotopic (exact) mass is 389 g/mol. The Bertz CT molecular complexity index is 752. The number of rotatable bonds is 5. The summed E-state index contributed by atoms with van der Waals surface area (Å²) in [4.78, 5) is 15.2. The number of allylic oxidation sites excluding steroid dienone is 3. The van der Waals surface area contributed by atoms with Crippen LogP contribution in [0.2, 0.25) is 5.02 Å². The molecule has 146 valence electrons. The van der Waals surface area contributed by atoms with Gasteiger partial charge in [-0.25, -0.2) is 0 Å². The van der Waals surface area contributed by atoms with E-state index in [4.69, 9.17) is 22.1 Å². The molecule has 1 aliphatic carbocycles. The summed E-state index contributed by atoms with van der Waals surface area (Å²) in [6.45, 7) is 4.24. The molecule has 5 nitrogen and oxygen atoms in total. The zero-order chi connectivity index (χ0) is 19.4. The number of halogens is 1. The Morgan fingerprint density at radius 2 is 2.07 bits per heavy atom. The number of nitrogen functional groups attached to an aromatic ring is 1. The summed E-state index contributed by atoms with van der Waals surface area (Å²) in [7, 11) is 1.52. The lowest BCUT2D eigenvalue weighted by atomic mass is 9.95. The van der Waals surface area contributed by atoms with Gasteiger partial charge >= 0.3 is 0 Å². The van der Waals surface area contributed by atoms with E-state index < -0.39 is 0 Å². The van der Waals surface area contributed by atoms with Crippen molar-refractivity contribution in [2.75, 3.05) is 25.9 Å². The van der Waals surface area contributed by atoms with Crippen LogP contribution in [0.5, 0.6) is 5.75 Å². The molecule has 3 rings (SSSR count). The maximum atomic E-state index is 12.7. The fourth-order valence-corrected chi connectivity index (χ4v) is 3.97. The first-order valence-corrected chi connectivity index (χ1v) is 9.89. The van der Waals surface area contributed by atoms with E-state index >= 15 is 0 Å². The van der Waals surface area contributed by atoms with E-state index in [2.05, 4.69) is 35.4 Å². The summed E-state index contributed by atoms with van der Waals surface area (Å²) in [5, 5.41) is 3.49. The fourth-order valence-electron chi connectivity index (χ4n) is 3.80. The lowest BCUT2D eigenvalue weighted by molar-refractivity contribution is 0.0900. The number of hydrogen-bond donors (Lipinski definition) is 2. The largest absolute Gasteiger partial charge is 0.496 e. The van der Waals surface area contributed by atoms with Crippen LogP contribution in [0, 0.1) is 0 Å². The van der Waals surface area contributed by atoms with Gasteiger partial charge in [-0.05, 0) is 38.7 Å². The molecule has 1 aromatic carbocycles. The van der Waals surface area contributed by atoms with Crippen LogP contribution >= 0.6 is 11.6 Å². The lowest BCUT2D eigenvalue weighted by Gasteiger charge is -2.37. The highest BCUT2D eigenvalue weighted by Crippen LogP contribution is 2.29. The molecule has 0 bridgehead atoms. The van der Waals surface area contributed by atoms with E-state index in [1.165, 1.54) is 12.7 Å². The second-order valence-corrected chi connectivity index (χ2v) is 7.63. The summed E-state index contributed by atoms with van der Waals surface area (Å²) in [5.41, 5.74) is 8.12. The highest BCUT2D eigenvalue weighted by atomic mass is 35.5. The van der Waals surface area contributed by atoms with Crippen molar-refractivity contribution < 1.29 is 9.53 Å². The Balaban J connectivity index is 1.57. The third-order valence-corrected chi connectivity index (χ3v) is 5.88. The topological polar surface area (TPSA) is 67.6 Å². The van der Waals surface area contributed by atoms with E-state index in [-0.39, 0.29) is 11.9 Å². The van der Waals surface area contributed by atoms with Crippen LogP contribution in [0.4, 0.5) is 5.69 Å². The van der Waals surface area contributed by atoms with E-state index in [9.17, 15) is 4.79 Å². The molecule has 1 aromatic rings. The van der Waals surface area contributed by atoms with Gasteiger partial charge in [0.25, 0.3) is 5.91 Å². The van der Waals surface area contributed by atoms with Gasteiger partial charge in [0.1, 0.15) is 5.75 Å². The quantitative estimate of drug-likeness (QED) is 0.593. The average molecular weight is 390 g/mol. The van der Waals surface area contributed by atoms with Crippen molar-refractivity contribution in [2.24, 2.45) is 0 Å². The minimum Gasteiger partial charge on any atom is -0.496 e. The summed E-state index contributed by atoms with van der Waals surface area (Å²) >= 11 is 6.08. The maximum Gasteiger partial charge on any atom is 0.255 e. The van der Waals surface area contributed by atoms with Gasteiger partial charge in [0.2, 0.25) is 0 Å². The molecule has 0 spiro atoms. The third kappa shape index (κ3) is 4.66. The maximum absolute atomic E-state index is 12.7. The molecule has 0 saturated carbocycles. The molecular weight excluding hydrogens is 362 g/mol. The number of anilines is 1. The van der Waals surface area contributed by atoms with Gasteiger partial charge in [0, 0.05) is 31.2 Å². The van der Waals surface area contributed by atoms with Crippen LogP contribution in [0.15, 0.2) is 35.9 Å². The van der Waals surface area contributed by atoms with Crippen LogP contribution in [-0.2, 0) is 0 Å². The van der Waals surface area contributed by atoms with E-state index in [1.807, 2.05) is 0 Å². The smallest absolute Gasteiger partial charge is 0.255 e. The van der Waals surface area contributed by atoms with Crippen molar-refractivity contribution in [2.45, 2.75) is 44.7 Å². The van der Waals surface area contributed by atoms with E-state index in [0.717, 1.165) is 38.8 Å². The Labute approximate surface area is 166 Å². The predicted octanol–water partition coefficient (Wildman–Crippen LogP) is 3.79. The number of benzene rings is 1. The minimum atomic E-state index is -0.166. The van der Waals surface area contributed by atoms with Gasteiger partial charge in [-0.2, -0.15) is 0 Å². The predicted molar refractivity (Wildman–Crippen MR) is 110 cm³/mol. The number of nitrogens with zero attached hydrogens (tertiary/aromatic N) is 1. The number of piperidine rings is 1. The van der Waals surface area contributed by atoms with Crippen molar-refractivity contribution >= 4 is 23.2 Å². The molecule has 1 aliphatic heterocycles. The number of amides is 1. The molecule has 1 saturated heterocycles. The zero-order valence-electron chi connectivity index (χ0n) is 16.0. The molecular formula is C21H28ClN3O2. The molecule has 0 radical (unpaired) electrons. The molecule has 1 fully saturated rings. The molecule has 27 heavy (non-hydrogen) atoms. The van der Waals surface area contributed by atoms with Gasteiger partial charge in [-0.1, -0.05) is 35.4 Å². The molecule has 1 atom stereocenters. The van der Waals surface area contributed by atoms with Gasteiger partial charge in [0.05, 0.1) is 23.4 Å². The van der Waals surface area contributed by atoms with Crippen molar-refractivity contribution in [1.82, 2.24) is 10.2 Å². The van der Waals surface area contributed by atoms with Crippen LogP contribution < -0.4 is 15.8 Å². The van der Waals surface area contributed by atoms with Gasteiger partial charge < -0.3 is 15.8 Å². The normalized spacial score (nSPS) is 19.4. The van der Waals surface area contributed by atoms with Gasteiger partial charge in [-0.3, -0.25) is 9.69 Å². The first-order valence-electron chi connectivity index (χ1n) is 9.51. The van der Waals surface area contributed by atoms with Crippen molar-refractivity contribution in [3.8, 4) is 5.75 Å². The first-order chi connectivity index (χ1) is 13.0. The summed E-state index contributed by atoms with van der Waals surface area (Å²) < 4.78 is 5.29. The summed E-state index contributed by atoms with van der Waals surface area (Å²) in [6, 6.07) is 3.78. The Hall–Kier alpha value is -1.98. The van der Waals surface area contributed by atoms with Crippen LogP contribution in [0.1, 0.15) is 43.0 Å². The fraction of sp³-hybridized carbons (Fsp3) is 0.476. The number of methoxy groups -OCH3 is 1. The van der Waals surface area contributed by atoms with Crippen molar-refractivity contribution in [1.29, 1.82) is 0 Å². The van der Waals surface area contributed by atoms with Crippen molar-refractivity contribution in [3.63, 3.8) is 0 Å². The molecule has 1 heterocycles. The number of carbonyl (C=O) groups excluding carboxylic acids is 1. The molecule has 0 aromatic heterocycles. The second-order valence-electron chi connectivity index (χ2n) is 7.22. The SMILES string of the molecule is COc1cc(N)c(Cl)cc1C(=O)NC1CCN(C(C)C2=CCC=CC2)CC1. The third-order valence-electron chi connectivity index (χ3n) is 5.55. The Morgan fingerprint density at radius 3 is 2.70 bits per heavy atom. The van der Waals surface area contributed by atoms with Gasteiger partial charge in [0.15, 0.2) is 0 Å². The molecule has 1 unspecified atom stereocenters. The average Bonchev–Trinajstić information content (AvgIpc) is 2.70. The van der Waals surface area contributed by atoms with E-state index in [1.54, 1.807) is 12.1 Å². The standard InChI is InChI=1S/C21H28ClN3O2/c1-14(15-6-4-3-5-7-15)25-10-8-16(9-11-25)24-21(26)17-12-18(22)19(23)13-20(17)27-2/h3-4,7,12-14,16H,5-6,8-11,23H2,1-2H3,(H,24,26). The highest BCUT2D eigenvalue weighted by Gasteiger charge is 2.26. The zero-order valence-corrected chi connectivity index (χ0v) is 16.8. The molecule has 2 aliphatic rings.